The Labute approximate surface area is 257 Å². The number of nitrogens with zero attached hydrogens (tertiary/aromatic N) is 2. The molecule has 1 aromatic heterocycles. The molecule has 0 amide bonds. The number of aromatic nitrogens is 1. The zero-order valence-corrected chi connectivity index (χ0v) is 24.9. The molecule has 2 heterocycles. The van der Waals surface area contributed by atoms with Gasteiger partial charge in [-0.1, -0.05) is 65.4 Å². The first-order valence-corrected chi connectivity index (χ1v) is 14.6. The molecule has 44 heavy (non-hydrogen) atoms. The Balaban J connectivity index is 1.78. The van der Waals surface area contributed by atoms with Crippen LogP contribution < -0.4 is 19.6 Å². The Bertz CT molecular complexity index is 1970. The number of ether oxygens (including phenoxy) is 3. The van der Waals surface area contributed by atoms with Crippen molar-refractivity contribution in [2.75, 3.05) is 19.8 Å². The lowest BCUT2D eigenvalue weighted by Crippen LogP contribution is -2.41. The number of halogens is 4. The standard InChI is InChI=1S/C31H24ClF3N2O6S/c1-3-41-24(38)16-43-22-14-11-17-7-5-6-8-20(17)21(22)15-23-28(39)37-26(18-9-12-19(32)13-10-18)25(29(40)42-4-2)27(31(33,34)35)36-30(37)44-23/h5-15,26H,3-4,16H2,1-2H3/b23-15-/t26-/m0/s1. The van der Waals surface area contributed by atoms with Crippen LogP contribution in [0.2, 0.25) is 5.02 Å². The number of hydrogen-bond donors (Lipinski definition) is 0. The highest BCUT2D eigenvalue weighted by Gasteiger charge is 2.45. The van der Waals surface area contributed by atoms with Crippen molar-refractivity contribution in [1.29, 1.82) is 0 Å². The average molecular weight is 645 g/mol. The normalized spacial score (nSPS) is 15.1. The summed E-state index contributed by atoms with van der Waals surface area (Å²) < 4.78 is 60.0. The fraction of sp³-hybridized carbons (Fsp3) is 0.226. The van der Waals surface area contributed by atoms with E-state index in [1.54, 1.807) is 31.2 Å². The number of carbonyl (C=O) groups excluding carboxylic acids is 2. The number of hydrogen-bond acceptors (Lipinski definition) is 8. The average Bonchev–Trinajstić information content (AvgIpc) is 3.30. The van der Waals surface area contributed by atoms with Crippen molar-refractivity contribution in [3.63, 3.8) is 0 Å². The quantitative estimate of drug-likeness (QED) is 0.248. The fourth-order valence-electron chi connectivity index (χ4n) is 4.82. The molecule has 1 aliphatic heterocycles. The smallest absolute Gasteiger partial charge is 0.434 e. The Morgan fingerprint density at radius 2 is 1.73 bits per heavy atom. The summed E-state index contributed by atoms with van der Waals surface area (Å²) in [6, 6.07) is 14.9. The number of benzene rings is 3. The number of rotatable bonds is 8. The lowest BCUT2D eigenvalue weighted by Gasteiger charge is -2.26. The molecule has 8 nitrogen and oxygen atoms in total. The monoisotopic (exact) mass is 644 g/mol. The lowest BCUT2D eigenvalue weighted by atomic mass is 9.95. The molecule has 0 unspecified atom stereocenters. The topological polar surface area (TPSA) is 96.2 Å². The summed E-state index contributed by atoms with van der Waals surface area (Å²) >= 11 is 6.76. The molecule has 228 valence electrons. The van der Waals surface area contributed by atoms with E-state index in [-0.39, 0.29) is 33.9 Å². The molecule has 0 aliphatic carbocycles. The van der Waals surface area contributed by atoms with Crippen LogP contribution in [0.25, 0.3) is 16.8 Å². The van der Waals surface area contributed by atoms with Crippen molar-refractivity contribution in [3.8, 4) is 5.75 Å². The zero-order chi connectivity index (χ0) is 31.6. The van der Waals surface area contributed by atoms with Gasteiger partial charge in [0.2, 0.25) is 0 Å². The van der Waals surface area contributed by atoms with Crippen LogP contribution in [0.4, 0.5) is 13.2 Å². The fourth-order valence-corrected chi connectivity index (χ4v) is 5.93. The van der Waals surface area contributed by atoms with E-state index in [9.17, 15) is 27.6 Å². The summed E-state index contributed by atoms with van der Waals surface area (Å²) in [5.74, 6) is -1.60. The molecular formula is C31H24ClF3N2O6S. The molecule has 13 heteroatoms. The van der Waals surface area contributed by atoms with Gasteiger partial charge in [0.25, 0.3) is 5.56 Å². The van der Waals surface area contributed by atoms with E-state index in [0.717, 1.165) is 21.3 Å². The van der Waals surface area contributed by atoms with Crippen LogP contribution >= 0.6 is 22.9 Å². The molecule has 4 aromatic rings. The summed E-state index contributed by atoms with van der Waals surface area (Å²) in [6.07, 6.45) is -3.56. The SMILES string of the molecule is CCOC(=O)COc1ccc2ccccc2c1/C=c1\sc2n(c1=O)[C@@H](c1ccc(Cl)cc1)C(C(=O)OCC)=C(C(F)(F)F)N=2. The molecule has 0 spiro atoms. The van der Waals surface area contributed by atoms with E-state index in [0.29, 0.717) is 16.0 Å². The molecule has 0 saturated carbocycles. The predicted molar refractivity (Wildman–Crippen MR) is 158 cm³/mol. The molecule has 0 N–H and O–H groups in total. The van der Waals surface area contributed by atoms with Crippen molar-refractivity contribution < 1.29 is 37.0 Å². The second kappa shape index (κ2) is 12.7. The van der Waals surface area contributed by atoms with E-state index in [2.05, 4.69) is 4.99 Å². The zero-order valence-electron chi connectivity index (χ0n) is 23.3. The van der Waals surface area contributed by atoms with Gasteiger partial charge >= 0.3 is 18.1 Å². The molecule has 0 radical (unpaired) electrons. The summed E-state index contributed by atoms with van der Waals surface area (Å²) in [7, 11) is 0. The second-order valence-corrected chi connectivity index (χ2v) is 10.9. The molecule has 1 atom stereocenters. The van der Waals surface area contributed by atoms with Gasteiger partial charge in [0.1, 0.15) is 5.75 Å². The van der Waals surface area contributed by atoms with Crippen LogP contribution in [0, 0.1) is 0 Å². The van der Waals surface area contributed by atoms with Gasteiger partial charge in [0, 0.05) is 10.6 Å². The molecule has 3 aromatic carbocycles. The summed E-state index contributed by atoms with van der Waals surface area (Å²) in [6.45, 7) is 2.69. The first kappa shape index (κ1) is 31.0. The minimum Gasteiger partial charge on any atom is -0.481 e. The van der Waals surface area contributed by atoms with Crippen molar-refractivity contribution in [1.82, 2.24) is 4.57 Å². The van der Waals surface area contributed by atoms with E-state index in [4.69, 9.17) is 25.8 Å². The number of esters is 2. The van der Waals surface area contributed by atoms with Crippen LogP contribution in [-0.4, -0.2) is 42.5 Å². The third kappa shape index (κ3) is 6.13. The van der Waals surface area contributed by atoms with Crippen molar-refractivity contribution in [2.24, 2.45) is 4.99 Å². The van der Waals surface area contributed by atoms with Crippen LogP contribution in [0.15, 0.2) is 81.7 Å². The van der Waals surface area contributed by atoms with E-state index < -0.39 is 47.6 Å². The Morgan fingerprint density at radius 3 is 2.41 bits per heavy atom. The summed E-state index contributed by atoms with van der Waals surface area (Å²) in [4.78, 5) is 42.6. The lowest BCUT2D eigenvalue weighted by molar-refractivity contribution is -0.145. The van der Waals surface area contributed by atoms with Gasteiger partial charge in [-0.3, -0.25) is 9.36 Å². The van der Waals surface area contributed by atoms with E-state index in [1.807, 2.05) is 12.1 Å². The third-order valence-corrected chi connectivity index (χ3v) is 7.87. The van der Waals surface area contributed by atoms with Crippen molar-refractivity contribution >= 4 is 51.7 Å². The first-order valence-electron chi connectivity index (χ1n) is 13.4. The van der Waals surface area contributed by atoms with Gasteiger partial charge < -0.3 is 14.2 Å². The van der Waals surface area contributed by atoms with E-state index in [1.165, 1.54) is 37.3 Å². The number of carbonyl (C=O) groups is 2. The molecule has 5 rings (SSSR count). The Kier molecular flexibility index (Phi) is 8.93. The molecule has 0 saturated heterocycles. The van der Waals surface area contributed by atoms with Gasteiger partial charge in [0.05, 0.1) is 29.4 Å². The Hall–Kier alpha value is -4.42. The highest BCUT2D eigenvalue weighted by atomic mass is 35.5. The van der Waals surface area contributed by atoms with Crippen molar-refractivity contribution in [2.45, 2.75) is 26.1 Å². The first-order chi connectivity index (χ1) is 21.0. The summed E-state index contributed by atoms with van der Waals surface area (Å²) in [5.41, 5.74) is -2.34. The maximum absolute atomic E-state index is 14.4. The molecular weight excluding hydrogens is 621 g/mol. The van der Waals surface area contributed by atoms with Gasteiger partial charge in [-0.15, -0.1) is 0 Å². The largest absolute Gasteiger partial charge is 0.481 e. The van der Waals surface area contributed by atoms with Crippen LogP contribution in [-0.2, 0) is 19.1 Å². The molecule has 0 fully saturated rings. The van der Waals surface area contributed by atoms with Crippen LogP contribution in [0.1, 0.15) is 31.0 Å². The number of alkyl halides is 3. The maximum Gasteiger partial charge on any atom is 0.434 e. The highest BCUT2D eigenvalue weighted by Crippen LogP contribution is 2.38. The van der Waals surface area contributed by atoms with E-state index >= 15 is 0 Å². The van der Waals surface area contributed by atoms with Crippen LogP contribution in [0.5, 0.6) is 5.75 Å². The number of thiazole rings is 1. The predicted octanol–water partition coefficient (Wildman–Crippen LogP) is 5.09. The summed E-state index contributed by atoms with van der Waals surface area (Å²) in [5, 5.41) is 1.76. The minimum atomic E-state index is -5.04. The van der Waals surface area contributed by atoms with Gasteiger partial charge in [-0.25, -0.2) is 14.6 Å². The number of fused-ring (bicyclic) bond motifs is 2. The van der Waals surface area contributed by atoms with Crippen molar-refractivity contribution in [3.05, 3.63) is 108 Å². The number of allylic oxidation sites excluding steroid dienone is 1. The third-order valence-electron chi connectivity index (χ3n) is 6.64. The Morgan fingerprint density at radius 1 is 1.02 bits per heavy atom. The second-order valence-electron chi connectivity index (χ2n) is 9.41. The maximum atomic E-state index is 14.4. The van der Waals surface area contributed by atoms with Gasteiger partial charge in [0.15, 0.2) is 17.1 Å². The molecule has 1 aliphatic rings. The highest BCUT2D eigenvalue weighted by molar-refractivity contribution is 7.07. The van der Waals surface area contributed by atoms with Gasteiger partial charge in [-0.2, -0.15) is 13.2 Å². The van der Waals surface area contributed by atoms with Gasteiger partial charge in [-0.05, 0) is 54.5 Å². The van der Waals surface area contributed by atoms with Crippen LogP contribution in [0.3, 0.4) is 0 Å². The minimum absolute atomic E-state index is 0.0201. The molecule has 0 bridgehead atoms.